The molecule has 1 unspecified atom stereocenters. The first-order valence-corrected chi connectivity index (χ1v) is 7.87. The molecule has 5 heteroatoms. The van der Waals surface area contributed by atoms with Gasteiger partial charge in [-0.3, -0.25) is 9.59 Å². The fourth-order valence-electron chi connectivity index (χ4n) is 3.43. The molecule has 2 saturated carbocycles. The van der Waals surface area contributed by atoms with Crippen molar-refractivity contribution in [2.75, 3.05) is 13.1 Å². The van der Waals surface area contributed by atoms with Gasteiger partial charge in [0.25, 0.3) is 0 Å². The predicted molar refractivity (Wildman–Crippen MR) is 73.9 cm³/mol. The molecule has 0 radical (unpaired) electrons. The summed E-state index contributed by atoms with van der Waals surface area (Å²) in [4.78, 5) is 25.9. The van der Waals surface area contributed by atoms with Crippen LogP contribution in [-0.4, -0.2) is 46.6 Å². The Labute approximate surface area is 119 Å². The number of carbonyl (C=O) groups is 2. The molecule has 3 rings (SSSR count). The van der Waals surface area contributed by atoms with Gasteiger partial charge in [-0.1, -0.05) is 19.3 Å². The van der Waals surface area contributed by atoms with E-state index in [4.69, 9.17) is 0 Å². The number of hydrogen-bond acceptors (Lipinski definition) is 3. The van der Waals surface area contributed by atoms with Crippen molar-refractivity contribution in [1.82, 2.24) is 10.2 Å². The smallest absolute Gasteiger partial charge is 0.225 e. The number of aliphatic hydroxyl groups is 1. The minimum atomic E-state index is -0.729. The van der Waals surface area contributed by atoms with E-state index in [1.807, 2.05) is 4.90 Å². The monoisotopic (exact) mass is 280 g/mol. The molecule has 112 valence electrons. The summed E-state index contributed by atoms with van der Waals surface area (Å²) in [5, 5.41) is 13.2. The molecule has 2 N–H and O–H groups in total. The van der Waals surface area contributed by atoms with Crippen LogP contribution >= 0.6 is 0 Å². The Morgan fingerprint density at radius 1 is 1.30 bits per heavy atom. The third kappa shape index (κ3) is 2.97. The van der Waals surface area contributed by atoms with Crippen LogP contribution in [0.2, 0.25) is 0 Å². The highest BCUT2D eigenvalue weighted by atomic mass is 16.3. The fraction of sp³-hybridized carbons (Fsp3) is 0.867. The van der Waals surface area contributed by atoms with Crippen molar-refractivity contribution in [1.29, 1.82) is 0 Å². The number of nitrogens with one attached hydrogen (secondary N) is 1. The molecule has 3 aliphatic rings. The summed E-state index contributed by atoms with van der Waals surface area (Å²) >= 11 is 0. The van der Waals surface area contributed by atoms with Gasteiger partial charge in [-0.25, -0.2) is 0 Å². The zero-order valence-electron chi connectivity index (χ0n) is 11.9. The summed E-state index contributed by atoms with van der Waals surface area (Å²) in [5.41, 5.74) is -0.729. The molecule has 2 amide bonds. The van der Waals surface area contributed by atoms with Crippen LogP contribution in [0, 0.1) is 5.92 Å². The van der Waals surface area contributed by atoms with Gasteiger partial charge in [0, 0.05) is 25.6 Å². The Bertz CT molecular complexity index is 400. The van der Waals surface area contributed by atoms with E-state index in [0.717, 1.165) is 38.5 Å². The highest BCUT2D eigenvalue weighted by molar-refractivity contribution is 5.89. The molecule has 0 aromatic rings. The molecule has 1 atom stereocenters. The normalized spacial score (nSPS) is 29.6. The lowest BCUT2D eigenvalue weighted by Crippen LogP contribution is -2.46. The first-order chi connectivity index (χ1) is 9.57. The lowest BCUT2D eigenvalue weighted by Gasteiger charge is -2.32. The van der Waals surface area contributed by atoms with Crippen molar-refractivity contribution in [3.63, 3.8) is 0 Å². The summed E-state index contributed by atoms with van der Waals surface area (Å²) in [6, 6.07) is 0.392. The second-order valence-corrected chi connectivity index (χ2v) is 6.68. The Balaban J connectivity index is 1.48. The van der Waals surface area contributed by atoms with Gasteiger partial charge in [0.15, 0.2) is 0 Å². The van der Waals surface area contributed by atoms with Crippen LogP contribution < -0.4 is 5.32 Å². The van der Waals surface area contributed by atoms with Crippen molar-refractivity contribution in [2.24, 2.45) is 5.92 Å². The van der Waals surface area contributed by atoms with Crippen molar-refractivity contribution in [3.8, 4) is 0 Å². The van der Waals surface area contributed by atoms with Crippen LogP contribution in [0.15, 0.2) is 0 Å². The predicted octanol–water partition coefficient (Wildman–Crippen LogP) is 0.809. The third-order valence-electron chi connectivity index (χ3n) is 4.89. The molecule has 5 nitrogen and oxygen atoms in total. The Kier molecular flexibility index (Phi) is 3.71. The molecular weight excluding hydrogens is 256 g/mol. The van der Waals surface area contributed by atoms with E-state index in [1.165, 1.54) is 6.42 Å². The van der Waals surface area contributed by atoms with E-state index >= 15 is 0 Å². The Morgan fingerprint density at radius 2 is 2.00 bits per heavy atom. The highest BCUT2D eigenvalue weighted by Gasteiger charge is 2.42. The van der Waals surface area contributed by atoms with Crippen molar-refractivity contribution < 1.29 is 14.7 Å². The van der Waals surface area contributed by atoms with E-state index < -0.39 is 5.60 Å². The van der Waals surface area contributed by atoms with Crippen LogP contribution in [-0.2, 0) is 9.59 Å². The number of hydrogen-bond donors (Lipinski definition) is 2. The molecular formula is C15H24N2O3. The summed E-state index contributed by atoms with van der Waals surface area (Å²) in [6.07, 6.45) is 7.27. The van der Waals surface area contributed by atoms with Crippen LogP contribution in [0.25, 0.3) is 0 Å². The molecule has 0 aromatic carbocycles. The van der Waals surface area contributed by atoms with Crippen LogP contribution in [0.3, 0.4) is 0 Å². The maximum Gasteiger partial charge on any atom is 0.225 e. The first-order valence-electron chi connectivity index (χ1n) is 7.87. The lowest BCUT2D eigenvalue weighted by molar-refractivity contribution is -0.129. The average Bonchev–Trinajstić information content (AvgIpc) is 3.20. The van der Waals surface area contributed by atoms with Crippen LogP contribution in [0.5, 0.6) is 0 Å². The molecule has 1 aliphatic heterocycles. The van der Waals surface area contributed by atoms with Gasteiger partial charge in [0.2, 0.25) is 11.8 Å². The number of rotatable bonds is 4. The largest absolute Gasteiger partial charge is 0.388 e. The van der Waals surface area contributed by atoms with Gasteiger partial charge < -0.3 is 15.3 Å². The Morgan fingerprint density at radius 3 is 2.65 bits per heavy atom. The van der Waals surface area contributed by atoms with Gasteiger partial charge in [-0.05, 0) is 25.7 Å². The van der Waals surface area contributed by atoms with Gasteiger partial charge in [-0.2, -0.15) is 0 Å². The summed E-state index contributed by atoms with van der Waals surface area (Å²) < 4.78 is 0. The van der Waals surface area contributed by atoms with E-state index in [9.17, 15) is 14.7 Å². The number of nitrogens with zero attached hydrogens (tertiary/aromatic N) is 1. The standard InChI is InChI=1S/C15H24N2O3/c18-13-8-11(9-17(13)12-4-5-12)14(19)16-10-15(20)6-2-1-3-7-15/h11-12,20H,1-10H2,(H,16,19). The number of likely N-dealkylation sites (tertiary alicyclic amines) is 1. The second-order valence-electron chi connectivity index (χ2n) is 6.68. The zero-order valence-corrected chi connectivity index (χ0v) is 11.9. The SMILES string of the molecule is O=C(NCC1(O)CCCCC1)C1CC(=O)N(C2CC2)C1. The van der Waals surface area contributed by atoms with E-state index in [2.05, 4.69) is 5.32 Å². The third-order valence-corrected chi connectivity index (χ3v) is 4.89. The van der Waals surface area contributed by atoms with E-state index in [0.29, 0.717) is 25.6 Å². The molecule has 2 aliphatic carbocycles. The molecule has 1 saturated heterocycles. The number of amides is 2. The summed E-state index contributed by atoms with van der Waals surface area (Å²) in [5.74, 6) is -0.181. The summed E-state index contributed by atoms with van der Waals surface area (Å²) in [6.45, 7) is 0.897. The molecule has 1 heterocycles. The zero-order chi connectivity index (χ0) is 14.2. The van der Waals surface area contributed by atoms with Gasteiger partial charge in [0.1, 0.15) is 0 Å². The molecule has 20 heavy (non-hydrogen) atoms. The number of carbonyl (C=O) groups excluding carboxylic acids is 2. The molecule has 0 spiro atoms. The molecule has 0 aromatic heterocycles. The first kappa shape index (κ1) is 13.9. The Hall–Kier alpha value is -1.10. The van der Waals surface area contributed by atoms with Crippen LogP contribution in [0.1, 0.15) is 51.4 Å². The van der Waals surface area contributed by atoms with Crippen molar-refractivity contribution in [2.45, 2.75) is 63.0 Å². The van der Waals surface area contributed by atoms with Gasteiger partial charge in [0.05, 0.1) is 11.5 Å². The highest BCUT2D eigenvalue weighted by Crippen LogP contribution is 2.33. The minimum Gasteiger partial charge on any atom is -0.388 e. The lowest BCUT2D eigenvalue weighted by atomic mass is 9.85. The fourth-order valence-corrected chi connectivity index (χ4v) is 3.43. The maximum atomic E-state index is 12.2. The quantitative estimate of drug-likeness (QED) is 0.800. The van der Waals surface area contributed by atoms with E-state index in [1.54, 1.807) is 0 Å². The maximum absolute atomic E-state index is 12.2. The molecule has 3 fully saturated rings. The van der Waals surface area contributed by atoms with Crippen molar-refractivity contribution >= 4 is 11.8 Å². The topological polar surface area (TPSA) is 69.6 Å². The molecule has 0 bridgehead atoms. The average molecular weight is 280 g/mol. The van der Waals surface area contributed by atoms with E-state index in [-0.39, 0.29) is 17.7 Å². The van der Waals surface area contributed by atoms with Crippen molar-refractivity contribution in [3.05, 3.63) is 0 Å². The minimum absolute atomic E-state index is 0.0690. The second kappa shape index (κ2) is 5.35. The van der Waals surface area contributed by atoms with Crippen LogP contribution in [0.4, 0.5) is 0 Å². The van der Waals surface area contributed by atoms with Gasteiger partial charge >= 0.3 is 0 Å². The summed E-state index contributed by atoms with van der Waals surface area (Å²) in [7, 11) is 0. The van der Waals surface area contributed by atoms with Gasteiger partial charge in [-0.15, -0.1) is 0 Å².